The smallest absolute Gasteiger partial charge is 0.225 e. The number of nitrogens with one attached hydrogen (secondary N) is 1. The molecule has 2 heterocycles. The molecule has 2 aliphatic heterocycles. The minimum atomic E-state index is -0.309. The average Bonchev–Trinajstić information content (AvgIpc) is 2.85. The number of unbranched alkanes of at least 4 members (excludes halogenated alkanes) is 1. The third-order valence-corrected chi connectivity index (χ3v) is 7.07. The first-order valence-electron chi connectivity index (χ1n) is 13.0. The zero-order valence-electron chi connectivity index (χ0n) is 21.4. The lowest BCUT2D eigenvalue weighted by Crippen LogP contribution is -2.52. The van der Waals surface area contributed by atoms with E-state index in [1.807, 2.05) is 29.2 Å². The summed E-state index contributed by atoms with van der Waals surface area (Å²) in [5.41, 5.74) is 0.918. The summed E-state index contributed by atoms with van der Waals surface area (Å²) in [6.07, 6.45) is 3.91. The van der Waals surface area contributed by atoms with E-state index in [9.17, 15) is 9.59 Å². The number of carbonyl (C=O) groups excluding carboxylic acids is 2. The summed E-state index contributed by atoms with van der Waals surface area (Å²) in [4.78, 5) is 31.0. The molecular formula is C27H43N3O4. The monoisotopic (exact) mass is 473 g/mol. The Morgan fingerprint density at radius 1 is 1.24 bits per heavy atom. The van der Waals surface area contributed by atoms with Gasteiger partial charge in [-0.25, -0.2) is 0 Å². The minimum absolute atomic E-state index is 0.0342. The van der Waals surface area contributed by atoms with Gasteiger partial charge in [0, 0.05) is 44.2 Å². The third-order valence-electron chi connectivity index (χ3n) is 7.07. The van der Waals surface area contributed by atoms with Gasteiger partial charge in [-0.3, -0.25) is 14.5 Å². The van der Waals surface area contributed by atoms with Crippen molar-refractivity contribution in [2.75, 3.05) is 46.5 Å². The number of benzene rings is 1. The fraction of sp³-hybridized carbons (Fsp3) is 0.704. The molecule has 1 aromatic rings. The van der Waals surface area contributed by atoms with Crippen molar-refractivity contribution in [3.8, 4) is 5.75 Å². The van der Waals surface area contributed by atoms with Crippen LogP contribution in [0.2, 0.25) is 0 Å². The van der Waals surface area contributed by atoms with Crippen LogP contribution in [-0.2, 0) is 14.3 Å². The minimum Gasteiger partial charge on any atom is -0.496 e. The zero-order valence-corrected chi connectivity index (χ0v) is 21.4. The van der Waals surface area contributed by atoms with Gasteiger partial charge in [0.1, 0.15) is 5.75 Å². The molecule has 34 heavy (non-hydrogen) atoms. The first kappa shape index (κ1) is 26.5. The molecule has 0 radical (unpaired) electrons. The van der Waals surface area contributed by atoms with E-state index in [0.29, 0.717) is 37.9 Å². The first-order valence-corrected chi connectivity index (χ1v) is 13.0. The normalized spacial score (nSPS) is 22.6. The van der Waals surface area contributed by atoms with Gasteiger partial charge >= 0.3 is 0 Å². The highest BCUT2D eigenvalue weighted by molar-refractivity contribution is 5.85. The molecule has 2 saturated heterocycles. The number of carbonyl (C=O) groups is 2. The van der Waals surface area contributed by atoms with Crippen LogP contribution in [0.15, 0.2) is 24.3 Å². The number of para-hydroxylation sites is 1. The number of nitrogens with zero attached hydrogens (tertiary/aromatic N) is 2. The number of likely N-dealkylation sites (tertiary alicyclic amines) is 1. The molecule has 3 atom stereocenters. The van der Waals surface area contributed by atoms with Gasteiger partial charge in [-0.05, 0) is 31.2 Å². The Morgan fingerprint density at radius 3 is 2.65 bits per heavy atom. The quantitative estimate of drug-likeness (QED) is 0.531. The van der Waals surface area contributed by atoms with Crippen LogP contribution in [-0.4, -0.2) is 74.2 Å². The molecule has 7 heteroatoms. The summed E-state index contributed by atoms with van der Waals surface area (Å²) < 4.78 is 11.2. The number of hydrogen-bond acceptors (Lipinski definition) is 5. The van der Waals surface area contributed by atoms with E-state index < -0.39 is 0 Å². The fourth-order valence-corrected chi connectivity index (χ4v) is 5.31. The van der Waals surface area contributed by atoms with Crippen LogP contribution in [0.5, 0.6) is 5.75 Å². The Bertz CT molecular complexity index is 794. The lowest BCUT2D eigenvalue weighted by Gasteiger charge is -2.42. The van der Waals surface area contributed by atoms with Gasteiger partial charge in [0.05, 0.1) is 32.3 Å². The molecule has 7 nitrogen and oxygen atoms in total. The third kappa shape index (κ3) is 6.72. The molecule has 1 N–H and O–H groups in total. The Kier molecular flexibility index (Phi) is 10.2. The summed E-state index contributed by atoms with van der Waals surface area (Å²) in [6, 6.07) is 7.78. The van der Waals surface area contributed by atoms with Crippen molar-refractivity contribution in [3.05, 3.63) is 29.8 Å². The molecule has 0 bridgehead atoms. The van der Waals surface area contributed by atoms with Crippen molar-refractivity contribution >= 4 is 11.8 Å². The fourth-order valence-electron chi connectivity index (χ4n) is 5.31. The van der Waals surface area contributed by atoms with Crippen molar-refractivity contribution < 1.29 is 19.1 Å². The van der Waals surface area contributed by atoms with Crippen molar-refractivity contribution in [2.45, 2.75) is 65.0 Å². The highest BCUT2D eigenvalue weighted by Gasteiger charge is 2.41. The highest BCUT2D eigenvalue weighted by Crippen LogP contribution is 2.40. The topological polar surface area (TPSA) is 71.1 Å². The number of ether oxygens (including phenoxy) is 2. The van der Waals surface area contributed by atoms with Gasteiger partial charge in [-0.15, -0.1) is 0 Å². The van der Waals surface area contributed by atoms with Crippen LogP contribution in [0.1, 0.15) is 64.5 Å². The maximum atomic E-state index is 13.6. The van der Waals surface area contributed by atoms with Crippen molar-refractivity contribution in [2.24, 2.45) is 11.8 Å². The maximum absolute atomic E-state index is 13.6. The Morgan fingerprint density at radius 2 is 1.97 bits per heavy atom. The summed E-state index contributed by atoms with van der Waals surface area (Å²) in [5.74, 6) is 1.14. The standard InChI is InChI=1S/C27H43N3O4/c1-5-6-13-30-25(31)12-11-23(26(30)22-9-7-8-10-24(22)33-4)27(32)28-19-21(18-20(2)3)29-14-16-34-17-15-29/h7-10,20-21,23,26H,5-6,11-19H2,1-4H3,(H,28,32). The second kappa shape index (κ2) is 13.1. The van der Waals surface area contributed by atoms with Gasteiger partial charge in [0.25, 0.3) is 0 Å². The van der Waals surface area contributed by atoms with E-state index in [2.05, 4.69) is 31.0 Å². The van der Waals surface area contributed by atoms with Gasteiger partial charge in [-0.1, -0.05) is 45.4 Å². The number of methoxy groups -OCH3 is 1. The molecule has 0 saturated carbocycles. The summed E-state index contributed by atoms with van der Waals surface area (Å²) >= 11 is 0. The van der Waals surface area contributed by atoms with E-state index in [1.54, 1.807) is 7.11 Å². The molecule has 0 aliphatic carbocycles. The summed E-state index contributed by atoms with van der Waals surface area (Å²) in [6.45, 7) is 11.2. The van der Waals surface area contributed by atoms with E-state index in [0.717, 1.165) is 56.9 Å². The number of amides is 2. The predicted molar refractivity (Wildman–Crippen MR) is 134 cm³/mol. The number of piperidine rings is 1. The van der Waals surface area contributed by atoms with Crippen LogP contribution >= 0.6 is 0 Å². The van der Waals surface area contributed by atoms with Gasteiger partial charge in [0.2, 0.25) is 11.8 Å². The Labute approximate surface area is 205 Å². The Balaban J connectivity index is 1.81. The molecule has 190 valence electrons. The summed E-state index contributed by atoms with van der Waals surface area (Å²) in [5, 5.41) is 3.28. The van der Waals surface area contributed by atoms with E-state index in [1.165, 1.54) is 0 Å². The van der Waals surface area contributed by atoms with Crippen molar-refractivity contribution in [1.82, 2.24) is 15.1 Å². The molecule has 0 spiro atoms. The zero-order chi connectivity index (χ0) is 24.5. The average molecular weight is 474 g/mol. The molecule has 2 fully saturated rings. The van der Waals surface area contributed by atoms with E-state index in [4.69, 9.17) is 9.47 Å². The van der Waals surface area contributed by atoms with Crippen LogP contribution in [0.25, 0.3) is 0 Å². The number of hydrogen-bond donors (Lipinski definition) is 1. The van der Waals surface area contributed by atoms with Crippen molar-refractivity contribution in [1.29, 1.82) is 0 Å². The maximum Gasteiger partial charge on any atom is 0.225 e. The lowest BCUT2D eigenvalue weighted by atomic mass is 9.83. The highest BCUT2D eigenvalue weighted by atomic mass is 16.5. The molecule has 2 amide bonds. The molecule has 3 rings (SSSR count). The second-order valence-corrected chi connectivity index (χ2v) is 9.95. The number of morpholine rings is 1. The predicted octanol–water partition coefficient (Wildman–Crippen LogP) is 3.64. The largest absolute Gasteiger partial charge is 0.496 e. The van der Waals surface area contributed by atoms with Crippen LogP contribution in [0.3, 0.4) is 0 Å². The number of rotatable bonds is 11. The lowest BCUT2D eigenvalue weighted by molar-refractivity contribution is -0.143. The summed E-state index contributed by atoms with van der Waals surface area (Å²) in [7, 11) is 1.65. The van der Waals surface area contributed by atoms with Crippen LogP contribution in [0.4, 0.5) is 0 Å². The van der Waals surface area contributed by atoms with Crippen LogP contribution < -0.4 is 10.1 Å². The van der Waals surface area contributed by atoms with E-state index >= 15 is 0 Å². The second-order valence-electron chi connectivity index (χ2n) is 9.95. The van der Waals surface area contributed by atoms with Gasteiger partial charge < -0.3 is 19.7 Å². The SMILES string of the molecule is CCCCN1C(=O)CCC(C(=O)NCC(CC(C)C)N2CCOCC2)C1c1ccccc1OC. The molecule has 1 aromatic carbocycles. The van der Waals surface area contributed by atoms with Crippen LogP contribution in [0, 0.1) is 11.8 Å². The molecule has 3 unspecified atom stereocenters. The molecule has 0 aromatic heterocycles. The Hall–Kier alpha value is -2.12. The van der Waals surface area contributed by atoms with Gasteiger partial charge in [0.15, 0.2) is 0 Å². The molecular weight excluding hydrogens is 430 g/mol. The van der Waals surface area contributed by atoms with Crippen molar-refractivity contribution in [3.63, 3.8) is 0 Å². The molecule has 2 aliphatic rings. The first-order chi connectivity index (χ1) is 16.5. The van der Waals surface area contributed by atoms with Gasteiger partial charge in [-0.2, -0.15) is 0 Å². The van der Waals surface area contributed by atoms with E-state index in [-0.39, 0.29) is 23.8 Å².